The van der Waals surface area contributed by atoms with Crippen molar-refractivity contribution in [1.29, 1.82) is 0 Å². The van der Waals surface area contributed by atoms with Gasteiger partial charge in [0.2, 0.25) is 0 Å². The van der Waals surface area contributed by atoms with E-state index in [2.05, 4.69) is 17.6 Å². The third-order valence-corrected chi connectivity index (χ3v) is 6.13. The quantitative estimate of drug-likeness (QED) is 0.710. The predicted octanol–water partition coefficient (Wildman–Crippen LogP) is 2.00. The molecule has 2 fully saturated rings. The molecule has 1 atom stereocenters. The summed E-state index contributed by atoms with van der Waals surface area (Å²) in [6.07, 6.45) is 3.75. The second-order valence-electron chi connectivity index (χ2n) is 8.36. The maximum atomic E-state index is 12.7. The summed E-state index contributed by atoms with van der Waals surface area (Å²) >= 11 is 0. The third kappa shape index (κ3) is 4.47. The summed E-state index contributed by atoms with van der Waals surface area (Å²) in [5, 5.41) is 6.33. The van der Waals surface area contributed by atoms with Crippen LogP contribution in [0.1, 0.15) is 63.7 Å². The average Bonchev–Trinajstić information content (AvgIpc) is 3.30. The number of fused-ring (bicyclic) bond motifs is 1. The number of hydrogen-bond donors (Lipinski definition) is 2. The van der Waals surface area contributed by atoms with E-state index in [1.807, 2.05) is 0 Å². The van der Waals surface area contributed by atoms with Gasteiger partial charge in [0.05, 0.1) is 23.8 Å². The number of nitrogens with zero attached hydrogens (tertiary/aromatic N) is 1. The summed E-state index contributed by atoms with van der Waals surface area (Å²) in [4.78, 5) is 39.2. The van der Waals surface area contributed by atoms with Crippen LogP contribution in [-0.4, -0.2) is 61.5 Å². The number of hydrogen-bond acceptors (Lipinski definition) is 5. The second-order valence-corrected chi connectivity index (χ2v) is 8.36. The van der Waals surface area contributed by atoms with Crippen LogP contribution in [0.2, 0.25) is 0 Å². The lowest BCUT2D eigenvalue weighted by molar-refractivity contribution is 0.0475. The lowest BCUT2D eigenvalue weighted by Crippen LogP contribution is -2.42. The summed E-state index contributed by atoms with van der Waals surface area (Å²) < 4.78 is 5.56. The molecule has 4 rings (SSSR count). The highest BCUT2D eigenvalue weighted by atomic mass is 35.5. The highest BCUT2D eigenvalue weighted by Crippen LogP contribution is 2.28. The number of rotatable bonds is 5. The first-order chi connectivity index (χ1) is 13.5. The lowest BCUT2D eigenvalue weighted by Gasteiger charge is -2.34. The van der Waals surface area contributed by atoms with Gasteiger partial charge in [-0.1, -0.05) is 6.92 Å². The third-order valence-electron chi connectivity index (χ3n) is 6.13. The second kappa shape index (κ2) is 8.81. The molecular formula is C21H28ClN3O4. The molecule has 0 radical (unpaired) electrons. The lowest BCUT2D eigenvalue weighted by atomic mass is 9.81. The number of amides is 3. The van der Waals surface area contributed by atoms with Crippen molar-refractivity contribution in [1.82, 2.24) is 15.5 Å². The van der Waals surface area contributed by atoms with Gasteiger partial charge < -0.3 is 15.4 Å². The molecule has 0 saturated carbocycles. The minimum absolute atomic E-state index is 0. The molecule has 0 aromatic heterocycles. The van der Waals surface area contributed by atoms with Crippen molar-refractivity contribution >= 4 is 30.1 Å². The van der Waals surface area contributed by atoms with E-state index in [-0.39, 0.29) is 48.2 Å². The van der Waals surface area contributed by atoms with Crippen LogP contribution in [0.25, 0.3) is 0 Å². The fraction of sp³-hybridized carbons (Fsp3) is 0.571. The van der Waals surface area contributed by atoms with Gasteiger partial charge in [-0.05, 0) is 62.4 Å². The SMILES string of the molecule is CC1(CNC(=O)c2ccc3c(c2)C(=O)N(CC2CCCO2)C3=O)CCNCC1.Cl. The number of ether oxygens (including phenoxy) is 1. The van der Waals surface area contributed by atoms with E-state index in [1.54, 1.807) is 18.2 Å². The van der Waals surface area contributed by atoms with Crippen LogP contribution in [0, 0.1) is 5.41 Å². The maximum Gasteiger partial charge on any atom is 0.261 e. The first-order valence-electron chi connectivity index (χ1n) is 10.1. The van der Waals surface area contributed by atoms with Gasteiger partial charge in [-0.25, -0.2) is 0 Å². The fourth-order valence-electron chi connectivity index (χ4n) is 4.19. The smallest absolute Gasteiger partial charge is 0.261 e. The summed E-state index contributed by atoms with van der Waals surface area (Å²) in [6.45, 7) is 5.66. The molecule has 2 saturated heterocycles. The highest BCUT2D eigenvalue weighted by Gasteiger charge is 2.38. The Kier molecular flexibility index (Phi) is 6.61. The summed E-state index contributed by atoms with van der Waals surface area (Å²) in [7, 11) is 0. The largest absolute Gasteiger partial charge is 0.376 e. The molecule has 0 spiro atoms. The van der Waals surface area contributed by atoms with Gasteiger partial charge in [-0.15, -0.1) is 12.4 Å². The Balaban J connectivity index is 0.00000240. The van der Waals surface area contributed by atoms with Gasteiger partial charge in [0.25, 0.3) is 17.7 Å². The summed E-state index contributed by atoms with van der Waals surface area (Å²) in [5.41, 5.74) is 1.17. The Hall–Kier alpha value is -1.96. The molecule has 7 nitrogen and oxygen atoms in total. The molecule has 29 heavy (non-hydrogen) atoms. The number of piperidine rings is 1. The fourth-order valence-corrected chi connectivity index (χ4v) is 4.19. The van der Waals surface area contributed by atoms with Crippen molar-refractivity contribution in [2.45, 2.75) is 38.7 Å². The average molecular weight is 422 g/mol. The van der Waals surface area contributed by atoms with Gasteiger partial charge >= 0.3 is 0 Å². The van der Waals surface area contributed by atoms with Crippen molar-refractivity contribution < 1.29 is 19.1 Å². The van der Waals surface area contributed by atoms with Crippen LogP contribution in [-0.2, 0) is 4.74 Å². The Bertz CT molecular complexity index is 801. The maximum absolute atomic E-state index is 12.7. The van der Waals surface area contributed by atoms with Gasteiger partial charge in [-0.3, -0.25) is 19.3 Å². The standard InChI is InChI=1S/C21H27N3O4.ClH/c1-21(6-8-22-9-7-21)13-23-18(25)14-4-5-16-17(11-14)20(27)24(19(16)26)12-15-3-2-10-28-15;/h4-5,11,15,22H,2-3,6-10,12-13H2,1H3,(H,23,25);1H. The van der Waals surface area contributed by atoms with Crippen LogP contribution in [0.3, 0.4) is 0 Å². The van der Waals surface area contributed by atoms with Gasteiger partial charge in [0.15, 0.2) is 0 Å². The molecule has 8 heteroatoms. The van der Waals surface area contributed by atoms with Crippen molar-refractivity contribution in [3.63, 3.8) is 0 Å². The van der Waals surface area contributed by atoms with Crippen LogP contribution >= 0.6 is 12.4 Å². The minimum atomic E-state index is -0.338. The number of halogens is 1. The molecule has 1 aromatic rings. The highest BCUT2D eigenvalue weighted by molar-refractivity contribution is 6.22. The van der Waals surface area contributed by atoms with Crippen molar-refractivity contribution in [2.75, 3.05) is 32.8 Å². The van der Waals surface area contributed by atoms with Crippen LogP contribution in [0.4, 0.5) is 0 Å². The molecule has 1 aromatic carbocycles. The van der Waals surface area contributed by atoms with Crippen molar-refractivity contribution in [2.24, 2.45) is 5.41 Å². The summed E-state index contributed by atoms with van der Waals surface area (Å²) in [5.74, 6) is -0.847. The minimum Gasteiger partial charge on any atom is -0.376 e. The number of carbonyl (C=O) groups is 3. The number of benzene rings is 1. The van der Waals surface area contributed by atoms with E-state index < -0.39 is 0 Å². The topological polar surface area (TPSA) is 87.7 Å². The van der Waals surface area contributed by atoms with Crippen LogP contribution in [0.15, 0.2) is 18.2 Å². The number of carbonyl (C=O) groups excluding carboxylic acids is 3. The van der Waals surface area contributed by atoms with E-state index >= 15 is 0 Å². The first kappa shape index (κ1) is 21.7. The first-order valence-corrected chi connectivity index (χ1v) is 10.1. The van der Waals surface area contributed by atoms with E-state index in [0.717, 1.165) is 38.8 Å². The zero-order valence-electron chi connectivity index (χ0n) is 16.7. The van der Waals surface area contributed by atoms with Crippen LogP contribution < -0.4 is 10.6 Å². The molecule has 3 heterocycles. The Morgan fingerprint density at radius 3 is 2.66 bits per heavy atom. The van der Waals surface area contributed by atoms with E-state index in [9.17, 15) is 14.4 Å². The zero-order chi connectivity index (χ0) is 19.7. The predicted molar refractivity (Wildman–Crippen MR) is 111 cm³/mol. The Morgan fingerprint density at radius 2 is 1.97 bits per heavy atom. The molecule has 2 N–H and O–H groups in total. The van der Waals surface area contributed by atoms with E-state index in [1.165, 1.54) is 4.90 Å². The van der Waals surface area contributed by atoms with Crippen molar-refractivity contribution in [3.8, 4) is 0 Å². The van der Waals surface area contributed by atoms with Crippen molar-refractivity contribution in [3.05, 3.63) is 34.9 Å². The van der Waals surface area contributed by atoms with E-state index in [0.29, 0.717) is 29.8 Å². The molecule has 0 aliphatic carbocycles. The monoisotopic (exact) mass is 421 g/mol. The summed E-state index contributed by atoms with van der Waals surface area (Å²) in [6, 6.07) is 4.76. The molecule has 0 bridgehead atoms. The van der Waals surface area contributed by atoms with Gasteiger partial charge in [0.1, 0.15) is 0 Å². The Morgan fingerprint density at radius 1 is 1.24 bits per heavy atom. The zero-order valence-corrected chi connectivity index (χ0v) is 17.5. The van der Waals surface area contributed by atoms with Crippen LogP contribution in [0.5, 0.6) is 0 Å². The van der Waals surface area contributed by atoms with Gasteiger partial charge in [0, 0.05) is 18.7 Å². The Labute approximate surface area is 176 Å². The molecule has 3 aliphatic rings. The number of nitrogens with one attached hydrogen (secondary N) is 2. The van der Waals surface area contributed by atoms with E-state index in [4.69, 9.17) is 4.74 Å². The number of imide groups is 1. The van der Waals surface area contributed by atoms with Gasteiger partial charge in [-0.2, -0.15) is 0 Å². The normalized spacial score (nSPS) is 22.9. The molecule has 158 valence electrons. The molecule has 3 aliphatic heterocycles. The molecule has 1 unspecified atom stereocenters. The molecular weight excluding hydrogens is 394 g/mol. The molecule has 3 amide bonds.